The summed E-state index contributed by atoms with van der Waals surface area (Å²) in [4.78, 5) is 16.2. The van der Waals surface area contributed by atoms with Crippen LogP contribution in [0.4, 0.5) is 0 Å². The van der Waals surface area contributed by atoms with Gasteiger partial charge in [-0.1, -0.05) is 36.4 Å². The standard InChI is InChI=1S/C17H13NO2/c19-17(13-6-2-1-3-7-13)20-12-14-10-11-18-16-9-5-4-8-15(14)16/h1-11H,12H2. The normalized spacial score (nSPS) is 10.4. The highest BCUT2D eigenvalue weighted by Crippen LogP contribution is 2.17. The molecule has 1 heterocycles. The molecule has 0 spiro atoms. The lowest BCUT2D eigenvalue weighted by Gasteiger charge is -2.07. The molecule has 3 rings (SSSR count). The highest BCUT2D eigenvalue weighted by atomic mass is 16.5. The monoisotopic (exact) mass is 263 g/mol. The summed E-state index contributed by atoms with van der Waals surface area (Å²) in [6, 6.07) is 18.7. The fraction of sp³-hybridized carbons (Fsp3) is 0.0588. The third-order valence-electron chi connectivity index (χ3n) is 3.11. The minimum Gasteiger partial charge on any atom is -0.457 e. The highest BCUT2D eigenvalue weighted by molar-refractivity contribution is 5.89. The van der Waals surface area contributed by atoms with E-state index in [0.29, 0.717) is 5.56 Å². The Bertz CT molecular complexity index is 733. The van der Waals surface area contributed by atoms with E-state index in [1.54, 1.807) is 18.3 Å². The Balaban J connectivity index is 1.79. The van der Waals surface area contributed by atoms with Gasteiger partial charge < -0.3 is 4.74 Å². The predicted octanol–water partition coefficient (Wildman–Crippen LogP) is 3.59. The van der Waals surface area contributed by atoms with E-state index < -0.39 is 0 Å². The maximum atomic E-state index is 11.9. The highest BCUT2D eigenvalue weighted by Gasteiger charge is 2.08. The van der Waals surface area contributed by atoms with Crippen molar-refractivity contribution in [3.05, 3.63) is 78.0 Å². The van der Waals surface area contributed by atoms with Crippen LogP contribution in [0.15, 0.2) is 66.9 Å². The van der Waals surface area contributed by atoms with Gasteiger partial charge in [0, 0.05) is 17.1 Å². The number of fused-ring (bicyclic) bond motifs is 1. The molecule has 0 unspecified atom stereocenters. The number of pyridine rings is 1. The summed E-state index contributed by atoms with van der Waals surface area (Å²) in [6.07, 6.45) is 1.73. The summed E-state index contributed by atoms with van der Waals surface area (Å²) >= 11 is 0. The molecular weight excluding hydrogens is 250 g/mol. The molecule has 3 nitrogen and oxygen atoms in total. The van der Waals surface area contributed by atoms with Crippen LogP contribution in [-0.2, 0) is 11.3 Å². The Morgan fingerprint density at radius 2 is 1.70 bits per heavy atom. The van der Waals surface area contributed by atoms with Gasteiger partial charge in [-0.3, -0.25) is 4.98 Å². The smallest absolute Gasteiger partial charge is 0.338 e. The third kappa shape index (κ3) is 2.52. The minimum atomic E-state index is -0.313. The van der Waals surface area contributed by atoms with Crippen LogP contribution in [0.1, 0.15) is 15.9 Å². The fourth-order valence-corrected chi connectivity index (χ4v) is 2.08. The Labute approximate surface area is 116 Å². The second-order valence-corrected chi connectivity index (χ2v) is 4.43. The molecule has 0 N–H and O–H groups in total. The molecule has 0 bridgehead atoms. The van der Waals surface area contributed by atoms with Gasteiger partial charge in [0.05, 0.1) is 11.1 Å². The van der Waals surface area contributed by atoms with E-state index in [9.17, 15) is 4.79 Å². The number of hydrogen-bond acceptors (Lipinski definition) is 3. The molecule has 0 atom stereocenters. The second-order valence-electron chi connectivity index (χ2n) is 4.43. The van der Waals surface area contributed by atoms with Crippen LogP contribution in [0.2, 0.25) is 0 Å². The van der Waals surface area contributed by atoms with Crippen molar-refractivity contribution in [1.29, 1.82) is 0 Å². The summed E-state index contributed by atoms with van der Waals surface area (Å²) < 4.78 is 5.36. The van der Waals surface area contributed by atoms with E-state index in [-0.39, 0.29) is 12.6 Å². The van der Waals surface area contributed by atoms with Gasteiger partial charge in [-0.2, -0.15) is 0 Å². The molecule has 1 aromatic heterocycles. The molecule has 0 aliphatic carbocycles. The molecule has 0 amide bonds. The van der Waals surface area contributed by atoms with E-state index in [1.165, 1.54) is 0 Å². The lowest BCUT2D eigenvalue weighted by atomic mass is 10.1. The molecule has 2 aromatic carbocycles. The van der Waals surface area contributed by atoms with Crippen LogP contribution in [-0.4, -0.2) is 11.0 Å². The minimum absolute atomic E-state index is 0.247. The summed E-state index contributed by atoms with van der Waals surface area (Å²) in [7, 11) is 0. The Hall–Kier alpha value is -2.68. The van der Waals surface area contributed by atoms with Crippen molar-refractivity contribution in [2.24, 2.45) is 0 Å². The van der Waals surface area contributed by atoms with E-state index in [4.69, 9.17) is 4.74 Å². The number of para-hydroxylation sites is 1. The average Bonchev–Trinajstić information content (AvgIpc) is 2.53. The van der Waals surface area contributed by atoms with Gasteiger partial charge in [-0.05, 0) is 24.3 Å². The average molecular weight is 263 g/mol. The predicted molar refractivity (Wildman–Crippen MR) is 77.3 cm³/mol. The van der Waals surface area contributed by atoms with E-state index in [2.05, 4.69) is 4.98 Å². The number of carbonyl (C=O) groups excluding carboxylic acids is 1. The van der Waals surface area contributed by atoms with E-state index in [0.717, 1.165) is 16.5 Å². The first-order valence-electron chi connectivity index (χ1n) is 6.39. The second kappa shape index (κ2) is 5.53. The molecule has 3 heteroatoms. The summed E-state index contributed by atoms with van der Waals surface area (Å²) in [5.41, 5.74) is 2.42. The van der Waals surface area contributed by atoms with Crippen LogP contribution >= 0.6 is 0 Å². The van der Waals surface area contributed by atoms with Crippen molar-refractivity contribution in [1.82, 2.24) is 4.98 Å². The van der Waals surface area contributed by atoms with Gasteiger partial charge in [0.2, 0.25) is 0 Å². The number of ether oxygens (including phenoxy) is 1. The van der Waals surface area contributed by atoms with E-state index in [1.807, 2.05) is 48.5 Å². The summed E-state index contributed by atoms with van der Waals surface area (Å²) in [6.45, 7) is 0.247. The van der Waals surface area contributed by atoms with Gasteiger partial charge in [-0.15, -0.1) is 0 Å². The van der Waals surface area contributed by atoms with Gasteiger partial charge in [0.15, 0.2) is 0 Å². The Morgan fingerprint density at radius 3 is 2.55 bits per heavy atom. The molecule has 0 radical (unpaired) electrons. The van der Waals surface area contributed by atoms with Gasteiger partial charge in [0.1, 0.15) is 6.61 Å². The maximum absolute atomic E-state index is 11.9. The summed E-state index contributed by atoms with van der Waals surface area (Å²) in [5.74, 6) is -0.313. The topological polar surface area (TPSA) is 39.2 Å². The SMILES string of the molecule is O=C(OCc1ccnc2ccccc12)c1ccccc1. The zero-order valence-corrected chi connectivity index (χ0v) is 10.8. The van der Waals surface area contributed by atoms with Gasteiger partial charge in [-0.25, -0.2) is 4.79 Å². The molecule has 0 saturated carbocycles. The van der Waals surface area contributed by atoms with Crippen LogP contribution in [0.25, 0.3) is 10.9 Å². The van der Waals surface area contributed by atoms with Crippen molar-refractivity contribution >= 4 is 16.9 Å². The first kappa shape index (κ1) is 12.4. The van der Waals surface area contributed by atoms with Crippen molar-refractivity contribution in [2.75, 3.05) is 0 Å². The van der Waals surface area contributed by atoms with Crippen molar-refractivity contribution in [3.8, 4) is 0 Å². The number of rotatable bonds is 3. The lowest BCUT2D eigenvalue weighted by molar-refractivity contribution is 0.0474. The number of aromatic nitrogens is 1. The third-order valence-corrected chi connectivity index (χ3v) is 3.11. The largest absolute Gasteiger partial charge is 0.457 e. The molecule has 20 heavy (non-hydrogen) atoms. The van der Waals surface area contributed by atoms with Gasteiger partial charge >= 0.3 is 5.97 Å². The molecule has 0 aliphatic heterocycles. The van der Waals surface area contributed by atoms with Crippen LogP contribution < -0.4 is 0 Å². The molecule has 0 aliphatic rings. The van der Waals surface area contributed by atoms with Crippen LogP contribution in [0.3, 0.4) is 0 Å². The van der Waals surface area contributed by atoms with Crippen LogP contribution in [0, 0.1) is 0 Å². The first-order chi connectivity index (χ1) is 9.84. The quantitative estimate of drug-likeness (QED) is 0.678. The van der Waals surface area contributed by atoms with Crippen molar-refractivity contribution in [3.63, 3.8) is 0 Å². The fourth-order valence-electron chi connectivity index (χ4n) is 2.08. The Kier molecular flexibility index (Phi) is 3.42. The first-order valence-corrected chi connectivity index (χ1v) is 6.39. The van der Waals surface area contributed by atoms with E-state index >= 15 is 0 Å². The van der Waals surface area contributed by atoms with Gasteiger partial charge in [0.25, 0.3) is 0 Å². The molecule has 3 aromatic rings. The van der Waals surface area contributed by atoms with Crippen molar-refractivity contribution in [2.45, 2.75) is 6.61 Å². The number of nitrogens with zero attached hydrogens (tertiary/aromatic N) is 1. The molecule has 98 valence electrons. The summed E-state index contributed by atoms with van der Waals surface area (Å²) in [5, 5.41) is 1.01. The zero-order valence-electron chi connectivity index (χ0n) is 10.8. The Morgan fingerprint density at radius 1 is 0.950 bits per heavy atom. The van der Waals surface area contributed by atoms with Crippen molar-refractivity contribution < 1.29 is 9.53 Å². The lowest BCUT2D eigenvalue weighted by Crippen LogP contribution is -2.05. The van der Waals surface area contributed by atoms with Crippen LogP contribution in [0.5, 0.6) is 0 Å². The zero-order chi connectivity index (χ0) is 13.8. The number of hydrogen-bond donors (Lipinski definition) is 0. The number of carbonyl (C=O) groups is 1. The molecule has 0 saturated heterocycles. The number of benzene rings is 2. The number of esters is 1. The molecule has 0 fully saturated rings. The molecular formula is C17H13NO2. The maximum Gasteiger partial charge on any atom is 0.338 e.